The number of nitrogens with zero attached hydrogens (tertiary/aromatic N) is 4. The van der Waals surface area contributed by atoms with Gasteiger partial charge in [-0.15, -0.1) is 0 Å². The van der Waals surface area contributed by atoms with Gasteiger partial charge in [-0.2, -0.15) is 0 Å². The Morgan fingerprint density at radius 3 is 1.40 bits per heavy atom. The van der Waals surface area contributed by atoms with Gasteiger partial charge in [-0.25, -0.2) is 15.0 Å². The van der Waals surface area contributed by atoms with Crippen molar-refractivity contribution in [2.75, 3.05) is 52.7 Å². The third-order valence-corrected chi connectivity index (χ3v) is 13.6. The first-order chi connectivity index (χ1) is 32.8. The molecule has 7 aliphatic heterocycles. The molecule has 15 rings (SSSR count). The van der Waals surface area contributed by atoms with Gasteiger partial charge in [0.2, 0.25) is 11.8 Å². The smallest absolute Gasteiger partial charge is 0.228 e. The van der Waals surface area contributed by atoms with Crippen LogP contribution in [0.15, 0.2) is 152 Å². The standard InChI is InChI=1S/C57H62N8O2/c58-63-36-2-1-35-62(55(67)33-34-61-54(66)10-6-7-45-19-20-48-22-21-46-8-5-9-47-23-32-53(45)57(48)56(46)47)49-24-11-41(12-25-49)39-42-13-28-51(29-14-42)64(59)37-3-4-38-65(60)52-30-17-44(18-31-52)40-43-15-26-50(63)27-16-43/h5,8-9,11-32H,1-4,6-7,10,33-40,58-60H2,(H,61,66)/p+3. The number of hydrogen-bond acceptors (Lipinski definition) is 5. The third-order valence-electron chi connectivity index (χ3n) is 13.6. The van der Waals surface area contributed by atoms with Crippen LogP contribution in [0.5, 0.6) is 0 Å². The van der Waals surface area contributed by atoms with Crippen molar-refractivity contribution < 1.29 is 27.1 Å². The molecule has 0 unspecified atom stereocenters. The summed E-state index contributed by atoms with van der Waals surface area (Å²) in [6, 6.07) is 54.2. The monoisotopic (exact) mass is 894 g/mol. The van der Waals surface area contributed by atoms with Crippen molar-refractivity contribution in [3.05, 3.63) is 179 Å². The molecule has 67 heavy (non-hydrogen) atoms. The first kappa shape index (κ1) is 45.2. The number of quaternary nitrogens is 3. The molecule has 8 bridgehead atoms. The SMILES string of the molecule is [NH3+]N1CCCCN([NH3+])c2ccc(cc2)Cc2ccc(cc2)N(C(=O)CCNC(=O)CCCc2ccc3ccc4cccc5ccc2c3c45)CCCCN([NH3+])c2ccc(cc2)Cc2ccc1cc2. The highest BCUT2D eigenvalue weighted by Gasteiger charge is 2.18. The zero-order chi connectivity index (χ0) is 46.1. The van der Waals surface area contributed by atoms with Crippen LogP contribution in [0.3, 0.4) is 0 Å². The summed E-state index contributed by atoms with van der Waals surface area (Å²) in [5.41, 5.74) is 10.3. The van der Waals surface area contributed by atoms with E-state index in [1.807, 2.05) is 9.91 Å². The highest BCUT2D eigenvalue weighted by molar-refractivity contribution is 6.23. The predicted octanol–water partition coefficient (Wildman–Crippen LogP) is 7.79. The van der Waals surface area contributed by atoms with E-state index in [0.29, 0.717) is 19.5 Å². The Morgan fingerprint density at radius 1 is 0.463 bits per heavy atom. The molecule has 10 heteroatoms. The number of hydrogen-bond donors (Lipinski definition) is 4. The number of rotatable bonds is 7. The topological polar surface area (TPSA) is 142 Å². The Balaban J connectivity index is 0.831. The molecule has 0 fully saturated rings. The van der Waals surface area contributed by atoms with Crippen LogP contribution < -0.4 is 42.8 Å². The van der Waals surface area contributed by atoms with Gasteiger partial charge in [-0.3, -0.25) is 27.1 Å². The normalized spacial score (nSPS) is 14.5. The first-order valence-corrected chi connectivity index (χ1v) is 24.1. The second-order valence-corrected chi connectivity index (χ2v) is 18.3. The number of benzene rings is 8. The van der Waals surface area contributed by atoms with Gasteiger partial charge in [0, 0.05) is 31.6 Å². The van der Waals surface area contributed by atoms with Gasteiger partial charge in [0.1, 0.15) is 0 Å². The number of carbonyl (C=O) groups is 2. The molecule has 342 valence electrons. The number of carbonyl (C=O) groups excluding carboxylic acids is 2. The summed E-state index contributed by atoms with van der Waals surface area (Å²) >= 11 is 0. The predicted molar refractivity (Wildman–Crippen MR) is 274 cm³/mol. The van der Waals surface area contributed by atoms with Gasteiger partial charge in [0.15, 0.2) is 0 Å². The number of nitrogens with one attached hydrogen (secondary N) is 1. The Kier molecular flexibility index (Phi) is 14.2. The van der Waals surface area contributed by atoms with Crippen molar-refractivity contribution in [3.63, 3.8) is 0 Å². The van der Waals surface area contributed by atoms with Crippen molar-refractivity contribution >= 4 is 66.9 Å². The van der Waals surface area contributed by atoms with Crippen LogP contribution in [0.4, 0.5) is 22.7 Å². The molecule has 0 atom stereocenters. The fraction of sp³-hybridized carbons (Fsp3) is 0.263. The second kappa shape index (κ2) is 21.1. The Morgan fingerprint density at radius 2 is 0.896 bits per heavy atom. The van der Waals surface area contributed by atoms with Crippen molar-refractivity contribution in [1.29, 1.82) is 0 Å². The Hall–Kier alpha value is -6.98. The van der Waals surface area contributed by atoms with Crippen molar-refractivity contribution in [1.82, 2.24) is 5.32 Å². The van der Waals surface area contributed by atoms with E-state index in [4.69, 9.17) is 0 Å². The number of anilines is 4. The molecule has 10 N–H and O–H groups in total. The van der Waals surface area contributed by atoms with Crippen LogP contribution in [0.25, 0.3) is 32.3 Å². The molecule has 0 spiro atoms. The number of aryl methyl sites for hydroxylation is 1. The van der Waals surface area contributed by atoms with Crippen LogP contribution >= 0.6 is 0 Å². The molecule has 0 radical (unpaired) electrons. The summed E-state index contributed by atoms with van der Waals surface area (Å²) in [6.45, 7) is 3.38. The van der Waals surface area contributed by atoms with E-state index in [9.17, 15) is 9.59 Å². The Labute approximate surface area is 394 Å². The highest BCUT2D eigenvalue weighted by Crippen LogP contribution is 2.36. The average Bonchev–Trinajstić information content (AvgIpc) is 3.35. The molecule has 2 amide bonds. The molecule has 8 aromatic carbocycles. The summed E-state index contributed by atoms with van der Waals surface area (Å²) in [7, 11) is 0. The zero-order valence-corrected chi connectivity index (χ0v) is 38.8. The second-order valence-electron chi connectivity index (χ2n) is 18.3. The van der Waals surface area contributed by atoms with E-state index in [2.05, 4.69) is 185 Å². The lowest BCUT2D eigenvalue weighted by Crippen LogP contribution is -2.69. The summed E-state index contributed by atoms with van der Waals surface area (Å²) in [6.07, 6.45) is 7.53. The van der Waals surface area contributed by atoms with Gasteiger partial charge in [0.05, 0.1) is 36.7 Å². The lowest BCUT2D eigenvalue weighted by Gasteiger charge is -2.24. The third kappa shape index (κ3) is 11.0. The largest absolute Gasteiger partial charge is 0.356 e. The summed E-state index contributed by atoms with van der Waals surface area (Å²) in [4.78, 5) is 29.0. The van der Waals surface area contributed by atoms with E-state index in [1.165, 1.54) is 60.1 Å². The summed E-state index contributed by atoms with van der Waals surface area (Å²) in [5, 5.41) is 16.9. The van der Waals surface area contributed by atoms with Crippen LogP contribution in [-0.4, -0.2) is 44.5 Å². The van der Waals surface area contributed by atoms with E-state index < -0.39 is 0 Å². The minimum Gasteiger partial charge on any atom is -0.356 e. The molecule has 0 saturated carbocycles. The van der Waals surface area contributed by atoms with Crippen molar-refractivity contribution in [3.8, 4) is 0 Å². The van der Waals surface area contributed by atoms with Crippen LogP contribution in [0.1, 0.15) is 72.8 Å². The molecular weight excluding hydrogens is 829 g/mol. The van der Waals surface area contributed by atoms with Gasteiger partial charge in [-0.1, -0.05) is 103 Å². The summed E-state index contributed by atoms with van der Waals surface area (Å²) < 4.78 is 0. The van der Waals surface area contributed by atoms with Crippen LogP contribution in [-0.2, 0) is 28.9 Å². The number of amides is 2. The van der Waals surface area contributed by atoms with Crippen LogP contribution in [0.2, 0.25) is 0 Å². The first-order valence-electron chi connectivity index (χ1n) is 24.1. The van der Waals surface area contributed by atoms with Crippen molar-refractivity contribution in [2.24, 2.45) is 0 Å². The van der Waals surface area contributed by atoms with E-state index >= 15 is 0 Å². The van der Waals surface area contributed by atoms with E-state index in [1.54, 1.807) is 0 Å². The molecule has 7 aliphatic rings. The minimum absolute atomic E-state index is 0.00129. The van der Waals surface area contributed by atoms with Crippen molar-refractivity contribution in [2.45, 2.75) is 64.2 Å². The Bertz CT molecular complexity index is 2890. The minimum atomic E-state index is -0.0228. The lowest BCUT2D eigenvalue weighted by molar-refractivity contribution is -0.388. The maximum Gasteiger partial charge on any atom is 0.228 e. The van der Waals surface area contributed by atoms with Gasteiger partial charge in [0.25, 0.3) is 0 Å². The zero-order valence-electron chi connectivity index (χ0n) is 38.8. The summed E-state index contributed by atoms with van der Waals surface area (Å²) in [5.74, 6) is 13.0. The fourth-order valence-corrected chi connectivity index (χ4v) is 9.69. The van der Waals surface area contributed by atoms with Gasteiger partial charge in [-0.05, 0) is 160 Å². The molecule has 7 heterocycles. The molecule has 0 aliphatic carbocycles. The molecule has 0 aromatic heterocycles. The molecule has 8 aromatic rings. The maximum atomic E-state index is 14.0. The van der Waals surface area contributed by atoms with Crippen LogP contribution in [0, 0.1) is 0 Å². The fourth-order valence-electron chi connectivity index (χ4n) is 9.69. The molecule has 10 nitrogen and oxygen atoms in total. The molecule has 0 saturated heterocycles. The van der Waals surface area contributed by atoms with Gasteiger partial charge >= 0.3 is 0 Å². The maximum absolute atomic E-state index is 14.0. The molecular formula is C57H65N8O2+3. The quantitative estimate of drug-likeness (QED) is 0.121. The van der Waals surface area contributed by atoms with E-state index in [0.717, 1.165) is 93.8 Å². The lowest BCUT2D eigenvalue weighted by atomic mass is 9.90. The van der Waals surface area contributed by atoms with Gasteiger partial charge < -0.3 is 10.2 Å². The highest BCUT2D eigenvalue weighted by atomic mass is 16.2. The van der Waals surface area contributed by atoms with E-state index in [-0.39, 0.29) is 18.2 Å². The average molecular weight is 894 g/mol.